The van der Waals surface area contributed by atoms with Crippen LogP contribution in [0.4, 0.5) is 10.1 Å². The van der Waals surface area contributed by atoms with Crippen molar-refractivity contribution >= 4 is 23.6 Å². The zero-order chi connectivity index (χ0) is 21.9. The van der Waals surface area contributed by atoms with Crippen molar-refractivity contribution in [1.29, 1.82) is 5.26 Å². The molecule has 2 rings (SSSR count). The highest BCUT2D eigenvalue weighted by Gasteiger charge is 2.14. The third-order valence-electron chi connectivity index (χ3n) is 3.72. The van der Waals surface area contributed by atoms with Crippen LogP contribution in [0.15, 0.2) is 48.0 Å². The number of hydrogen-bond donors (Lipinski definition) is 1. The van der Waals surface area contributed by atoms with Gasteiger partial charge in [-0.2, -0.15) is 5.26 Å². The van der Waals surface area contributed by atoms with E-state index in [-0.39, 0.29) is 24.5 Å². The summed E-state index contributed by atoms with van der Waals surface area (Å²) >= 11 is 0. The zero-order valence-corrected chi connectivity index (χ0v) is 16.6. The van der Waals surface area contributed by atoms with Crippen LogP contribution in [0.25, 0.3) is 6.08 Å². The molecule has 7 nitrogen and oxygen atoms in total. The maximum atomic E-state index is 13.7. The van der Waals surface area contributed by atoms with Crippen LogP contribution in [-0.2, 0) is 14.3 Å². The molecule has 2 aromatic rings. The molecule has 0 saturated carbocycles. The summed E-state index contributed by atoms with van der Waals surface area (Å²) in [7, 11) is 0. The molecule has 0 heterocycles. The molecule has 156 valence electrons. The predicted octanol–water partition coefficient (Wildman–Crippen LogP) is 3.71. The number of carbonyl (C=O) groups is 2. The first-order chi connectivity index (χ1) is 14.5. The van der Waals surface area contributed by atoms with E-state index < -0.39 is 17.7 Å². The van der Waals surface area contributed by atoms with Crippen LogP contribution in [0.2, 0.25) is 0 Å². The predicted molar refractivity (Wildman–Crippen MR) is 108 cm³/mol. The van der Waals surface area contributed by atoms with E-state index in [0.29, 0.717) is 23.7 Å². The van der Waals surface area contributed by atoms with Gasteiger partial charge in [0.05, 0.1) is 18.9 Å². The lowest BCUT2D eigenvalue weighted by molar-refractivity contribution is -0.145. The number of anilines is 1. The van der Waals surface area contributed by atoms with Gasteiger partial charge in [0.2, 0.25) is 0 Å². The van der Waals surface area contributed by atoms with E-state index in [1.54, 1.807) is 44.2 Å². The Labute approximate surface area is 173 Å². The van der Waals surface area contributed by atoms with E-state index in [4.69, 9.17) is 14.2 Å². The van der Waals surface area contributed by atoms with Crippen molar-refractivity contribution in [3.05, 3.63) is 59.4 Å². The summed E-state index contributed by atoms with van der Waals surface area (Å²) < 4.78 is 29.5. The van der Waals surface area contributed by atoms with Crippen molar-refractivity contribution in [3.8, 4) is 17.6 Å². The lowest BCUT2D eigenvalue weighted by Gasteiger charge is -2.12. The molecular weight excluding hydrogens is 391 g/mol. The average Bonchev–Trinajstić information content (AvgIpc) is 2.73. The Morgan fingerprint density at radius 2 is 1.87 bits per heavy atom. The standard InChI is InChI=1S/C22H21FN2O5/c1-3-28-20-12-15(9-10-19(20)30-14-21(26)29-4-2)11-16(13-24)22(27)25-18-8-6-5-7-17(18)23/h5-12H,3-4,14H2,1-2H3,(H,25,27)/b16-11+. The van der Waals surface area contributed by atoms with Crippen LogP contribution in [0.3, 0.4) is 0 Å². The number of halogens is 1. The highest BCUT2D eigenvalue weighted by molar-refractivity contribution is 6.09. The third-order valence-corrected chi connectivity index (χ3v) is 3.72. The Bertz CT molecular complexity index is 982. The summed E-state index contributed by atoms with van der Waals surface area (Å²) in [6, 6.07) is 12.2. The highest BCUT2D eigenvalue weighted by atomic mass is 19.1. The van der Waals surface area contributed by atoms with Crippen molar-refractivity contribution in [2.45, 2.75) is 13.8 Å². The van der Waals surface area contributed by atoms with E-state index in [1.165, 1.54) is 24.3 Å². The number of ether oxygens (including phenoxy) is 3. The van der Waals surface area contributed by atoms with Crippen LogP contribution in [0, 0.1) is 17.1 Å². The second-order valence-corrected chi connectivity index (χ2v) is 5.84. The maximum absolute atomic E-state index is 13.7. The number of nitriles is 1. The lowest BCUT2D eigenvalue weighted by Crippen LogP contribution is -2.15. The number of benzene rings is 2. The summed E-state index contributed by atoms with van der Waals surface area (Å²) in [6.07, 6.45) is 1.34. The van der Waals surface area contributed by atoms with E-state index in [2.05, 4.69) is 5.32 Å². The minimum Gasteiger partial charge on any atom is -0.490 e. The van der Waals surface area contributed by atoms with Gasteiger partial charge >= 0.3 is 5.97 Å². The first-order valence-electron chi connectivity index (χ1n) is 9.21. The Balaban J connectivity index is 2.21. The van der Waals surface area contributed by atoms with Crippen LogP contribution < -0.4 is 14.8 Å². The van der Waals surface area contributed by atoms with Crippen LogP contribution >= 0.6 is 0 Å². The van der Waals surface area contributed by atoms with Crippen molar-refractivity contribution < 1.29 is 28.2 Å². The largest absolute Gasteiger partial charge is 0.490 e. The molecule has 2 aromatic carbocycles. The van der Waals surface area contributed by atoms with Crippen molar-refractivity contribution in [3.63, 3.8) is 0 Å². The number of esters is 1. The molecule has 0 saturated heterocycles. The molecule has 0 aliphatic heterocycles. The van der Waals surface area contributed by atoms with Crippen LogP contribution in [0.5, 0.6) is 11.5 Å². The van der Waals surface area contributed by atoms with Crippen molar-refractivity contribution in [2.24, 2.45) is 0 Å². The minimum atomic E-state index is -0.747. The number of nitrogens with zero attached hydrogens (tertiary/aromatic N) is 1. The van der Waals surface area contributed by atoms with E-state index in [1.807, 2.05) is 0 Å². The molecule has 0 spiro atoms. The zero-order valence-electron chi connectivity index (χ0n) is 16.6. The first-order valence-corrected chi connectivity index (χ1v) is 9.21. The smallest absolute Gasteiger partial charge is 0.344 e. The Kier molecular flexibility index (Phi) is 8.39. The van der Waals surface area contributed by atoms with Gasteiger partial charge in [-0.25, -0.2) is 9.18 Å². The minimum absolute atomic E-state index is 0.0265. The van der Waals surface area contributed by atoms with Gasteiger partial charge in [0.15, 0.2) is 18.1 Å². The SMILES string of the molecule is CCOC(=O)COc1ccc(/C=C(\C#N)C(=O)Nc2ccccc2F)cc1OCC. The number of nitrogens with one attached hydrogen (secondary N) is 1. The van der Waals surface area contributed by atoms with Crippen molar-refractivity contribution in [2.75, 3.05) is 25.1 Å². The monoisotopic (exact) mass is 412 g/mol. The molecule has 0 atom stereocenters. The van der Waals surface area contributed by atoms with E-state index in [0.717, 1.165) is 0 Å². The van der Waals surface area contributed by atoms with Gasteiger partial charge in [-0.15, -0.1) is 0 Å². The fourth-order valence-corrected chi connectivity index (χ4v) is 2.41. The highest BCUT2D eigenvalue weighted by Crippen LogP contribution is 2.29. The topological polar surface area (TPSA) is 97.7 Å². The van der Waals surface area contributed by atoms with E-state index in [9.17, 15) is 19.2 Å². The summed E-state index contributed by atoms with van der Waals surface area (Å²) in [5.74, 6) is -1.22. The number of hydrogen-bond acceptors (Lipinski definition) is 6. The fraction of sp³-hybridized carbons (Fsp3) is 0.227. The van der Waals surface area contributed by atoms with Gasteiger partial charge in [0.25, 0.3) is 5.91 Å². The average molecular weight is 412 g/mol. The van der Waals surface area contributed by atoms with E-state index >= 15 is 0 Å². The number of carbonyl (C=O) groups excluding carboxylic acids is 2. The number of rotatable bonds is 9. The van der Waals surface area contributed by atoms with Gasteiger partial charge in [-0.1, -0.05) is 18.2 Å². The molecule has 1 N–H and O–H groups in total. The summed E-state index contributed by atoms with van der Waals surface area (Å²) in [5.41, 5.74) is 0.240. The molecule has 0 radical (unpaired) electrons. The molecular formula is C22H21FN2O5. The maximum Gasteiger partial charge on any atom is 0.344 e. The van der Waals surface area contributed by atoms with Gasteiger partial charge in [-0.05, 0) is 49.8 Å². The third kappa shape index (κ3) is 6.34. The molecule has 0 aromatic heterocycles. The first kappa shape index (κ1) is 22.4. The lowest BCUT2D eigenvalue weighted by atomic mass is 10.1. The Morgan fingerprint density at radius 3 is 2.53 bits per heavy atom. The molecule has 0 aliphatic carbocycles. The molecule has 0 bridgehead atoms. The van der Waals surface area contributed by atoms with Gasteiger partial charge in [0.1, 0.15) is 17.5 Å². The fourth-order valence-electron chi connectivity index (χ4n) is 2.41. The second kappa shape index (κ2) is 11.2. The molecule has 0 fully saturated rings. The van der Waals surface area contributed by atoms with Crippen LogP contribution in [-0.4, -0.2) is 31.7 Å². The second-order valence-electron chi connectivity index (χ2n) is 5.84. The molecule has 0 aliphatic rings. The molecule has 0 unspecified atom stereocenters. The summed E-state index contributed by atoms with van der Waals surface area (Å²) in [6.45, 7) is 3.77. The van der Waals surface area contributed by atoms with Crippen LogP contribution in [0.1, 0.15) is 19.4 Å². The number of amides is 1. The summed E-state index contributed by atoms with van der Waals surface area (Å²) in [4.78, 5) is 23.8. The quantitative estimate of drug-likeness (QED) is 0.383. The van der Waals surface area contributed by atoms with Crippen molar-refractivity contribution in [1.82, 2.24) is 0 Å². The Hall–Kier alpha value is -3.86. The summed E-state index contributed by atoms with van der Waals surface area (Å²) in [5, 5.41) is 11.7. The molecule has 1 amide bonds. The van der Waals surface area contributed by atoms with Gasteiger partial charge in [0, 0.05) is 0 Å². The number of para-hydroxylation sites is 1. The van der Waals surface area contributed by atoms with Gasteiger partial charge in [-0.3, -0.25) is 4.79 Å². The normalized spacial score (nSPS) is 10.7. The Morgan fingerprint density at radius 1 is 1.10 bits per heavy atom. The molecule has 8 heteroatoms. The molecule has 30 heavy (non-hydrogen) atoms. The van der Waals surface area contributed by atoms with Gasteiger partial charge < -0.3 is 19.5 Å².